The van der Waals surface area contributed by atoms with Crippen LogP contribution in [0.1, 0.15) is 51.0 Å². The molecule has 1 aromatic carbocycles. The molecule has 0 radical (unpaired) electrons. The Morgan fingerprint density at radius 1 is 1.17 bits per heavy atom. The fourth-order valence-electron chi connectivity index (χ4n) is 3.09. The maximum Gasteiger partial charge on any atom is 0.136 e. The molecule has 0 spiro atoms. The van der Waals surface area contributed by atoms with Crippen molar-refractivity contribution in [3.63, 3.8) is 0 Å². The summed E-state index contributed by atoms with van der Waals surface area (Å²) >= 11 is 0. The third-order valence-corrected chi connectivity index (χ3v) is 4.67. The van der Waals surface area contributed by atoms with Crippen LogP contribution in [0.5, 0.6) is 0 Å². The highest BCUT2D eigenvalue weighted by Crippen LogP contribution is 2.27. The van der Waals surface area contributed by atoms with Crippen LogP contribution in [-0.2, 0) is 4.84 Å². The Morgan fingerprint density at radius 2 is 1.92 bits per heavy atom. The van der Waals surface area contributed by atoms with Crippen LogP contribution in [-0.4, -0.2) is 32.0 Å². The van der Waals surface area contributed by atoms with E-state index in [1.165, 1.54) is 11.1 Å². The first-order valence-corrected chi connectivity index (χ1v) is 8.91. The zero-order chi connectivity index (χ0) is 17.2. The Hall–Kier alpha value is -1.02. The third kappa shape index (κ3) is 4.33. The molecule has 2 aliphatic rings. The predicted molar refractivity (Wildman–Crippen MR) is 96.0 cm³/mol. The van der Waals surface area contributed by atoms with Crippen LogP contribution in [0, 0.1) is 5.41 Å². The number of benzene rings is 1. The summed E-state index contributed by atoms with van der Waals surface area (Å²) in [4.78, 5) is 5.67. The molecule has 134 valence electrons. The molecule has 2 saturated heterocycles. The Labute approximate surface area is 145 Å². The number of hydroxylamine groups is 1. The minimum absolute atomic E-state index is 0.00708. The van der Waals surface area contributed by atoms with Gasteiger partial charge in [0.05, 0.1) is 6.17 Å². The molecule has 2 aliphatic heterocycles. The van der Waals surface area contributed by atoms with Gasteiger partial charge in [0, 0.05) is 31.1 Å². The average molecular weight is 333 g/mol. The molecule has 5 N–H and O–H groups in total. The van der Waals surface area contributed by atoms with E-state index >= 15 is 0 Å². The van der Waals surface area contributed by atoms with Gasteiger partial charge in [-0.1, -0.05) is 45.0 Å². The molecule has 24 heavy (non-hydrogen) atoms. The molecule has 4 atom stereocenters. The second-order valence-corrected chi connectivity index (χ2v) is 7.85. The highest BCUT2D eigenvalue weighted by atomic mass is 16.7. The lowest BCUT2D eigenvalue weighted by molar-refractivity contribution is -0.0361. The average Bonchev–Trinajstić information content (AvgIpc) is 3.06. The standard InChI is InChI=1S/C18H31N5O/c1-12(21-15-11-19-9-10-20-15)13-5-7-14(8-6-13)16-22-17(24-23-16)18(2,3)4/h5-8,12,15-17,19-23H,9-11H2,1-4H3/t12-,15?,16?,17?/m1/s1. The van der Waals surface area contributed by atoms with Gasteiger partial charge in [0.1, 0.15) is 12.4 Å². The van der Waals surface area contributed by atoms with Gasteiger partial charge in [-0.15, -0.1) is 0 Å². The molecule has 2 fully saturated rings. The van der Waals surface area contributed by atoms with Crippen molar-refractivity contribution >= 4 is 0 Å². The fourth-order valence-corrected chi connectivity index (χ4v) is 3.09. The smallest absolute Gasteiger partial charge is 0.136 e. The number of piperazine rings is 1. The lowest BCUT2D eigenvalue weighted by atomic mass is 9.94. The highest BCUT2D eigenvalue weighted by Gasteiger charge is 2.34. The van der Waals surface area contributed by atoms with Gasteiger partial charge in [-0.2, -0.15) is 5.48 Å². The van der Waals surface area contributed by atoms with Gasteiger partial charge in [-0.25, -0.2) is 0 Å². The van der Waals surface area contributed by atoms with E-state index in [-0.39, 0.29) is 17.8 Å². The molecule has 1 aromatic rings. The van der Waals surface area contributed by atoms with Crippen molar-refractivity contribution in [3.8, 4) is 0 Å². The molecule has 2 heterocycles. The largest absolute Gasteiger partial charge is 0.313 e. The number of nitrogens with one attached hydrogen (secondary N) is 5. The highest BCUT2D eigenvalue weighted by molar-refractivity contribution is 5.27. The van der Waals surface area contributed by atoms with E-state index in [0.29, 0.717) is 12.2 Å². The minimum atomic E-state index is 0.00708. The molecule has 6 nitrogen and oxygen atoms in total. The molecule has 0 aliphatic carbocycles. The zero-order valence-corrected chi connectivity index (χ0v) is 15.1. The molecular formula is C18H31N5O. The van der Waals surface area contributed by atoms with Gasteiger partial charge in [-0.3, -0.25) is 20.8 Å². The summed E-state index contributed by atoms with van der Waals surface area (Å²) in [5.74, 6) is 0. The van der Waals surface area contributed by atoms with Crippen molar-refractivity contribution in [1.29, 1.82) is 0 Å². The van der Waals surface area contributed by atoms with Crippen molar-refractivity contribution in [2.24, 2.45) is 5.41 Å². The minimum Gasteiger partial charge on any atom is -0.313 e. The summed E-state index contributed by atoms with van der Waals surface area (Å²) in [6.07, 6.45) is 0.371. The maximum atomic E-state index is 5.67. The molecule has 6 heteroatoms. The van der Waals surface area contributed by atoms with Crippen LogP contribution >= 0.6 is 0 Å². The summed E-state index contributed by atoms with van der Waals surface area (Å²) in [6, 6.07) is 9.02. The van der Waals surface area contributed by atoms with E-state index in [2.05, 4.69) is 78.7 Å². The maximum absolute atomic E-state index is 5.67. The first-order chi connectivity index (χ1) is 11.4. The molecule has 0 saturated carbocycles. The quantitative estimate of drug-likeness (QED) is 0.573. The van der Waals surface area contributed by atoms with Gasteiger partial charge >= 0.3 is 0 Å². The van der Waals surface area contributed by atoms with E-state index in [9.17, 15) is 0 Å². The van der Waals surface area contributed by atoms with Crippen LogP contribution in [0.4, 0.5) is 0 Å². The SMILES string of the molecule is C[C@@H](NC1CNCCN1)c1ccc(C2NOC(C(C)(C)C)N2)cc1. The third-order valence-electron chi connectivity index (χ3n) is 4.67. The summed E-state index contributed by atoms with van der Waals surface area (Å²) in [5.41, 5.74) is 5.63. The molecule has 3 rings (SSSR count). The molecule has 0 amide bonds. The van der Waals surface area contributed by atoms with Crippen molar-refractivity contribution in [2.75, 3.05) is 19.6 Å². The first kappa shape index (κ1) is 17.8. The van der Waals surface area contributed by atoms with Crippen LogP contribution in [0.3, 0.4) is 0 Å². The lowest BCUT2D eigenvalue weighted by Crippen LogP contribution is -2.55. The van der Waals surface area contributed by atoms with Gasteiger partial charge in [-0.05, 0) is 18.1 Å². The predicted octanol–water partition coefficient (Wildman–Crippen LogP) is 1.35. The summed E-state index contributed by atoms with van der Waals surface area (Å²) in [6.45, 7) is 11.7. The van der Waals surface area contributed by atoms with Crippen molar-refractivity contribution in [3.05, 3.63) is 35.4 Å². The Morgan fingerprint density at radius 3 is 2.50 bits per heavy atom. The van der Waals surface area contributed by atoms with Crippen molar-refractivity contribution in [1.82, 2.24) is 26.7 Å². The van der Waals surface area contributed by atoms with Crippen molar-refractivity contribution in [2.45, 2.75) is 52.3 Å². The second kappa shape index (κ2) is 7.47. The normalized spacial score (nSPS) is 29.6. The lowest BCUT2D eigenvalue weighted by Gasteiger charge is -2.29. The molecular weight excluding hydrogens is 302 g/mol. The number of hydrogen-bond donors (Lipinski definition) is 5. The summed E-state index contributed by atoms with van der Waals surface area (Å²) < 4.78 is 0. The van der Waals surface area contributed by atoms with Crippen LogP contribution in [0.25, 0.3) is 0 Å². The Bertz CT molecular complexity index is 521. The summed E-state index contributed by atoms with van der Waals surface area (Å²) in [5, 5.41) is 14.0. The Kier molecular flexibility index (Phi) is 5.54. The zero-order valence-electron chi connectivity index (χ0n) is 15.1. The van der Waals surface area contributed by atoms with Gasteiger partial charge in [0.2, 0.25) is 0 Å². The van der Waals surface area contributed by atoms with E-state index in [1.807, 2.05) is 0 Å². The fraction of sp³-hybridized carbons (Fsp3) is 0.667. The first-order valence-electron chi connectivity index (χ1n) is 8.91. The van der Waals surface area contributed by atoms with E-state index < -0.39 is 0 Å². The molecule has 0 aromatic heterocycles. The van der Waals surface area contributed by atoms with Gasteiger partial charge < -0.3 is 5.32 Å². The van der Waals surface area contributed by atoms with Gasteiger partial charge in [0.15, 0.2) is 0 Å². The Balaban J connectivity index is 1.57. The topological polar surface area (TPSA) is 69.4 Å². The van der Waals surface area contributed by atoms with Crippen LogP contribution in [0.2, 0.25) is 0 Å². The monoisotopic (exact) mass is 333 g/mol. The van der Waals surface area contributed by atoms with E-state index in [0.717, 1.165) is 19.6 Å². The molecule has 0 bridgehead atoms. The van der Waals surface area contributed by atoms with Gasteiger partial charge in [0.25, 0.3) is 0 Å². The second-order valence-electron chi connectivity index (χ2n) is 7.85. The molecule has 3 unspecified atom stereocenters. The van der Waals surface area contributed by atoms with Crippen LogP contribution in [0.15, 0.2) is 24.3 Å². The number of rotatable bonds is 4. The summed E-state index contributed by atoms with van der Waals surface area (Å²) in [7, 11) is 0. The van der Waals surface area contributed by atoms with Crippen molar-refractivity contribution < 1.29 is 4.84 Å². The van der Waals surface area contributed by atoms with E-state index in [1.54, 1.807) is 0 Å². The number of hydrogen-bond acceptors (Lipinski definition) is 6. The van der Waals surface area contributed by atoms with Crippen LogP contribution < -0.4 is 26.7 Å². The van der Waals surface area contributed by atoms with E-state index in [4.69, 9.17) is 4.84 Å².